The number of ether oxygens (including phenoxy) is 1. The van der Waals surface area contributed by atoms with E-state index in [1.165, 1.54) is 6.33 Å². The van der Waals surface area contributed by atoms with Crippen LogP contribution in [0.2, 0.25) is 0 Å². The first-order chi connectivity index (χ1) is 14.3. The highest BCUT2D eigenvalue weighted by molar-refractivity contribution is 5.90. The number of hydrogen-bond acceptors (Lipinski definition) is 8. The van der Waals surface area contributed by atoms with E-state index in [0.29, 0.717) is 55.4 Å². The van der Waals surface area contributed by atoms with Crippen molar-refractivity contribution in [3.63, 3.8) is 0 Å². The van der Waals surface area contributed by atoms with Crippen LogP contribution in [-0.4, -0.2) is 46.7 Å². The van der Waals surface area contributed by atoms with Gasteiger partial charge in [-0.1, -0.05) is 13.8 Å². The van der Waals surface area contributed by atoms with E-state index < -0.39 is 5.97 Å². The topological polar surface area (TPSA) is 131 Å². The molecule has 0 bridgehead atoms. The van der Waals surface area contributed by atoms with Crippen molar-refractivity contribution < 1.29 is 19.4 Å². The SMILES string of the molecule is CC(C)COC(=O)c1ccc(Nc2ncnc(N3CCC(C(=O)O)CC3)c2N)cc1. The summed E-state index contributed by atoms with van der Waals surface area (Å²) < 4.78 is 5.23. The highest BCUT2D eigenvalue weighted by Gasteiger charge is 2.26. The van der Waals surface area contributed by atoms with Crippen molar-refractivity contribution >= 4 is 34.9 Å². The lowest BCUT2D eigenvalue weighted by Gasteiger charge is -2.31. The van der Waals surface area contributed by atoms with E-state index in [1.54, 1.807) is 24.3 Å². The van der Waals surface area contributed by atoms with E-state index in [9.17, 15) is 9.59 Å². The van der Waals surface area contributed by atoms with Crippen molar-refractivity contribution in [2.45, 2.75) is 26.7 Å². The standard InChI is InChI=1S/C21H27N5O4/c1-13(2)11-30-21(29)15-3-5-16(6-4-15)25-18-17(22)19(24-12-23-18)26-9-7-14(8-10-26)20(27)28/h3-6,12-14H,7-11,22H2,1-2H3,(H,27,28)(H,23,24,25). The Bertz CT molecular complexity index is 893. The second-order valence-corrected chi connectivity index (χ2v) is 7.75. The molecule has 1 aromatic heterocycles. The quantitative estimate of drug-likeness (QED) is 0.586. The molecule has 1 fully saturated rings. The molecular weight excluding hydrogens is 386 g/mol. The van der Waals surface area contributed by atoms with E-state index >= 15 is 0 Å². The first kappa shape index (κ1) is 21.4. The Hall–Kier alpha value is -3.36. The van der Waals surface area contributed by atoms with Gasteiger partial charge in [-0.3, -0.25) is 4.79 Å². The van der Waals surface area contributed by atoms with E-state index in [2.05, 4.69) is 15.3 Å². The van der Waals surface area contributed by atoms with Gasteiger partial charge in [-0.15, -0.1) is 0 Å². The maximum absolute atomic E-state index is 12.0. The fourth-order valence-corrected chi connectivity index (χ4v) is 3.23. The lowest BCUT2D eigenvalue weighted by atomic mass is 9.97. The zero-order valence-electron chi connectivity index (χ0n) is 17.2. The first-order valence-corrected chi connectivity index (χ1v) is 9.97. The number of carbonyl (C=O) groups excluding carboxylic acids is 1. The molecule has 1 aromatic carbocycles. The molecule has 160 valence electrons. The Morgan fingerprint density at radius 3 is 2.50 bits per heavy atom. The van der Waals surface area contributed by atoms with Gasteiger partial charge in [0.25, 0.3) is 0 Å². The second kappa shape index (κ2) is 9.43. The highest BCUT2D eigenvalue weighted by Crippen LogP contribution is 2.31. The summed E-state index contributed by atoms with van der Waals surface area (Å²) in [6.45, 7) is 5.49. The normalized spacial score (nSPS) is 14.6. The van der Waals surface area contributed by atoms with E-state index in [1.807, 2.05) is 18.7 Å². The zero-order chi connectivity index (χ0) is 21.7. The summed E-state index contributed by atoms with van der Waals surface area (Å²) in [5.74, 6) is -0.124. The van der Waals surface area contributed by atoms with Gasteiger partial charge >= 0.3 is 11.9 Å². The van der Waals surface area contributed by atoms with Crippen molar-refractivity contribution in [1.82, 2.24) is 9.97 Å². The molecule has 0 spiro atoms. The van der Waals surface area contributed by atoms with Crippen LogP contribution >= 0.6 is 0 Å². The van der Waals surface area contributed by atoms with Crippen LogP contribution in [0.25, 0.3) is 0 Å². The van der Waals surface area contributed by atoms with Crippen molar-refractivity contribution in [3.05, 3.63) is 36.2 Å². The number of piperidine rings is 1. The maximum Gasteiger partial charge on any atom is 0.338 e. The third-order valence-corrected chi connectivity index (χ3v) is 4.94. The van der Waals surface area contributed by atoms with Crippen molar-refractivity contribution in [3.8, 4) is 0 Å². The summed E-state index contributed by atoms with van der Waals surface area (Å²) in [5.41, 5.74) is 7.87. The Morgan fingerprint density at radius 1 is 1.23 bits per heavy atom. The number of carboxylic acid groups (broad SMARTS) is 1. The van der Waals surface area contributed by atoms with Gasteiger partial charge in [-0.2, -0.15) is 0 Å². The molecule has 2 aromatic rings. The number of benzene rings is 1. The summed E-state index contributed by atoms with van der Waals surface area (Å²) in [6, 6.07) is 6.87. The molecule has 1 saturated heterocycles. The van der Waals surface area contributed by atoms with Crippen LogP contribution in [0.3, 0.4) is 0 Å². The van der Waals surface area contributed by atoms with Crippen LogP contribution < -0.4 is 16.0 Å². The minimum atomic E-state index is -0.760. The molecule has 0 amide bonds. The summed E-state index contributed by atoms with van der Waals surface area (Å²) in [7, 11) is 0. The van der Waals surface area contributed by atoms with Crippen LogP contribution in [0, 0.1) is 11.8 Å². The summed E-state index contributed by atoms with van der Waals surface area (Å²) >= 11 is 0. The Morgan fingerprint density at radius 2 is 1.90 bits per heavy atom. The van der Waals surface area contributed by atoms with Crippen LogP contribution in [0.15, 0.2) is 30.6 Å². The number of anilines is 4. The fourth-order valence-electron chi connectivity index (χ4n) is 3.23. The van der Waals surface area contributed by atoms with Crippen LogP contribution in [0.1, 0.15) is 37.0 Å². The van der Waals surface area contributed by atoms with Gasteiger partial charge in [0.15, 0.2) is 11.6 Å². The fraction of sp³-hybridized carbons (Fsp3) is 0.429. The number of nitrogens with one attached hydrogen (secondary N) is 1. The largest absolute Gasteiger partial charge is 0.481 e. The number of nitrogens with zero attached hydrogens (tertiary/aromatic N) is 3. The molecule has 30 heavy (non-hydrogen) atoms. The third kappa shape index (κ3) is 5.16. The number of nitrogen functional groups attached to an aromatic ring is 1. The molecule has 4 N–H and O–H groups in total. The van der Waals surface area contributed by atoms with E-state index in [0.717, 1.165) is 5.69 Å². The lowest BCUT2D eigenvalue weighted by molar-refractivity contribution is -0.142. The number of aromatic nitrogens is 2. The van der Waals surface area contributed by atoms with Gasteiger partial charge in [0.05, 0.1) is 18.1 Å². The van der Waals surface area contributed by atoms with Gasteiger partial charge in [0.2, 0.25) is 0 Å². The first-order valence-electron chi connectivity index (χ1n) is 9.97. The number of carboxylic acids is 1. The van der Waals surface area contributed by atoms with Crippen LogP contribution in [-0.2, 0) is 9.53 Å². The number of hydrogen-bond donors (Lipinski definition) is 3. The zero-order valence-corrected chi connectivity index (χ0v) is 17.2. The summed E-state index contributed by atoms with van der Waals surface area (Å²) in [6.07, 6.45) is 2.53. The molecule has 0 atom stereocenters. The molecule has 0 radical (unpaired) electrons. The van der Waals surface area contributed by atoms with E-state index in [4.69, 9.17) is 15.6 Å². The number of rotatable bonds is 7. The van der Waals surface area contributed by atoms with Gasteiger partial charge in [0.1, 0.15) is 12.0 Å². The Labute approximate surface area is 175 Å². The molecule has 2 heterocycles. The molecule has 0 unspecified atom stereocenters. The average Bonchev–Trinajstić information content (AvgIpc) is 2.74. The van der Waals surface area contributed by atoms with Crippen molar-refractivity contribution in [1.29, 1.82) is 0 Å². The Kier molecular flexibility index (Phi) is 6.71. The summed E-state index contributed by atoms with van der Waals surface area (Å²) in [4.78, 5) is 33.7. The molecule has 9 heteroatoms. The third-order valence-electron chi connectivity index (χ3n) is 4.94. The molecule has 9 nitrogen and oxygen atoms in total. The maximum atomic E-state index is 12.0. The molecule has 3 rings (SSSR count). The highest BCUT2D eigenvalue weighted by atomic mass is 16.5. The van der Waals surface area contributed by atoms with Gasteiger partial charge in [-0.05, 0) is 43.0 Å². The predicted octanol–water partition coefficient (Wildman–Crippen LogP) is 2.92. The molecule has 0 aliphatic carbocycles. The number of aliphatic carboxylic acids is 1. The van der Waals surface area contributed by atoms with Gasteiger partial charge in [-0.25, -0.2) is 14.8 Å². The number of esters is 1. The molecular formula is C21H27N5O4. The number of carbonyl (C=O) groups is 2. The molecule has 1 aliphatic heterocycles. The molecule has 0 saturated carbocycles. The predicted molar refractivity (Wildman–Crippen MR) is 114 cm³/mol. The lowest BCUT2D eigenvalue weighted by Crippen LogP contribution is -2.37. The van der Waals surface area contributed by atoms with Gasteiger partial charge in [0, 0.05) is 18.8 Å². The monoisotopic (exact) mass is 413 g/mol. The van der Waals surface area contributed by atoms with Crippen LogP contribution in [0.5, 0.6) is 0 Å². The molecule has 1 aliphatic rings. The van der Waals surface area contributed by atoms with Gasteiger partial charge < -0.3 is 25.8 Å². The average molecular weight is 413 g/mol. The number of nitrogens with two attached hydrogens (primary N) is 1. The van der Waals surface area contributed by atoms with Crippen LogP contribution in [0.4, 0.5) is 23.0 Å². The second-order valence-electron chi connectivity index (χ2n) is 7.75. The minimum absolute atomic E-state index is 0.278. The summed E-state index contributed by atoms with van der Waals surface area (Å²) in [5, 5.41) is 12.3. The van der Waals surface area contributed by atoms with Crippen molar-refractivity contribution in [2.24, 2.45) is 11.8 Å². The van der Waals surface area contributed by atoms with E-state index in [-0.39, 0.29) is 17.8 Å². The minimum Gasteiger partial charge on any atom is -0.481 e. The Balaban J connectivity index is 1.67. The smallest absolute Gasteiger partial charge is 0.338 e. The van der Waals surface area contributed by atoms with Crippen molar-refractivity contribution in [2.75, 3.05) is 35.6 Å².